The van der Waals surface area contributed by atoms with E-state index in [0.717, 1.165) is 44.0 Å². The Bertz CT molecular complexity index is 985. The van der Waals surface area contributed by atoms with Crippen LogP contribution in [-0.2, 0) is 6.54 Å². The lowest BCUT2D eigenvalue weighted by Crippen LogP contribution is -3.15. The van der Waals surface area contributed by atoms with E-state index in [1.165, 1.54) is 4.90 Å². The maximum absolute atomic E-state index is 11.8. The fourth-order valence-electron chi connectivity index (χ4n) is 3.74. The summed E-state index contributed by atoms with van der Waals surface area (Å²) in [6.45, 7) is 4.60. The highest BCUT2D eigenvalue weighted by molar-refractivity contribution is 5.99. The number of nitrogens with one attached hydrogen (secondary N) is 2. The number of anilines is 2. The molecule has 0 spiro atoms. The quantitative estimate of drug-likeness (QED) is 0.386. The molecule has 10 heteroatoms. The van der Waals surface area contributed by atoms with Gasteiger partial charge in [0.1, 0.15) is 12.2 Å². The molecule has 29 heavy (non-hydrogen) atoms. The number of nitro benzene ring substituents is 1. The lowest BCUT2D eigenvalue weighted by Gasteiger charge is -2.33. The minimum atomic E-state index is -0.451. The molecule has 0 bridgehead atoms. The van der Waals surface area contributed by atoms with Crippen LogP contribution >= 0.6 is 0 Å². The van der Waals surface area contributed by atoms with E-state index in [1.54, 1.807) is 6.07 Å². The molecule has 0 unspecified atom stereocenters. The summed E-state index contributed by atoms with van der Waals surface area (Å²) in [6.07, 6.45) is 0. The van der Waals surface area contributed by atoms with E-state index in [9.17, 15) is 10.1 Å². The predicted molar refractivity (Wildman–Crippen MR) is 107 cm³/mol. The van der Waals surface area contributed by atoms with Crippen molar-refractivity contribution in [3.8, 4) is 0 Å². The zero-order valence-corrected chi connectivity index (χ0v) is 15.9. The third kappa shape index (κ3) is 3.98. The third-order valence-corrected chi connectivity index (χ3v) is 5.28. The number of piperazine rings is 1. The second-order valence-corrected chi connectivity index (χ2v) is 7.06. The van der Waals surface area contributed by atoms with Gasteiger partial charge in [-0.2, -0.15) is 0 Å². The van der Waals surface area contributed by atoms with E-state index in [1.807, 2.05) is 30.3 Å². The van der Waals surface area contributed by atoms with Crippen molar-refractivity contribution in [1.29, 1.82) is 0 Å². The molecular weight excluding hydrogens is 376 g/mol. The van der Waals surface area contributed by atoms with E-state index < -0.39 is 4.92 Å². The first kappa shape index (κ1) is 19.1. The van der Waals surface area contributed by atoms with Crippen LogP contribution in [0.1, 0.15) is 5.56 Å². The second-order valence-electron chi connectivity index (χ2n) is 7.06. The minimum absolute atomic E-state index is 0.134. The third-order valence-electron chi connectivity index (χ3n) is 5.28. The number of hydrogen-bond donors (Lipinski definition) is 3. The Labute approximate surface area is 166 Å². The number of aromatic nitrogens is 2. The molecular formula is C19H23N6O4+. The molecule has 1 saturated heterocycles. The molecule has 0 atom stereocenters. The number of nitro groups is 1. The number of nitrogens with zero attached hydrogens (tertiary/aromatic N) is 4. The highest BCUT2D eigenvalue weighted by Crippen LogP contribution is 2.38. The molecule has 10 nitrogen and oxygen atoms in total. The van der Waals surface area contributed by atoms with E-state index in [-0.39, 0.29) is 17.8 Å². The Hall–Kier alpha value is -3.24. The van der Waals surface area contributed by atoms with Gasteiger partial charge in [-0.1, -0.05) is 30.3 Å². The lowest BCUT2D eigenvalue weighted by atomic mass is 10.1. The zero-order chi connectivity index (χ0) is 20.2. The summed E-state index contributed by atoms with van der Waals surface area (Å²) in [5.74, 6) is 0. The number of rotatable bonds is 7. The molecule has 4 rings (SSSR count). The van der Waals surface area contributed by atoms with Gasteiger partial charge in [0, 0.05) is 6.54 Å². The van der Waals surface area contributed by atoms with Crippen molar-refractivity contribution in [1.82, 2.24) is 10.3 Å². The normalized spacial score (nSPS) is 15.0. The molecule has 0 aliphatic carbocycles. The van der Waals surface area contributed by atoms with Crippen molar-refractivity contribution in [3.63, 3.8) is 0 Å². The first-order valence-electron chi connectivity index (χ1n) is 9.58. The molecule has 3 aromatic rings. The summed E-state index contributed by atoms with van der Waals surface area (Å²) in [5, 5.41) is 31.9. The fourth-order valence-corrected chi connectivity index (χ4v) is 3.74. The molecule has 3 N–H and O–H groups in total. The van der Waals surface area contributed by atoms with Gasteiger partial charge in [-0.25, -0.2) is 4.63 Å². The molecule has 1 aromatic heterocycles. The Morgan fingerprint density at radius 3 is 2.62 bits per heavy atom. The average Bonchev–Trinajstić information content (AvgIpc) is 3.22. The molecule has 1 aliphatic heterocycles. The van der Waals surface area contributed by atoms with Crippen LogP contribution in [0.3, 0.4) is 0 Å². The van der Waals surface area contributed by atoms with Crippen LogP contribution in [0.15, 0.2) is 41.0 Å². The second kappa shape index (κ2) is 8.41. The highest BCUT2D eigenvalue weighted by Gasteiger charge is 2.29. The van der Waals surface area contributed by atoms with Crippen LogP contribution in [-0.4, -0.2) is 59.7 Å². The summed E-state index contributed by atoms with van der Waals surface area (Å²) in [6, 6.07) is 11.5. The molecule has 1 fully saturated rings. The SMILES string of the molecule is O=[N+]([O-])c1c(NCc2ccccc2)cc(N2CC[NH+](CCO)CC2)c2nonc12. The Morgan fingerprint density at radius 2 is 1.93 bits per heavy atom. The maximum Gasteiger partial charge on any atom is 0.323 e. The first-order chi connectivity index (χ1) is 14.2. The van der Waals surface area contributed by atoms with Gasteiger partial charge >= 0.3 is 5.69 Å². The van der Waals surface area contributed by atoms with E-state index in [0.29, 0.717) is 17.7 Å². The van der Waals surface area contributed by atoms with Crippen molar-refractivity contribution in [2.24, 2.45) is 0 Å². The average molecular weight is 399 g/mol. The number of benzene rings is 2. The first-order valence-corrected chi connectivity index (χ1v) is 9.58. The van der Waals surface area contributed by atoms with Crippen LogP contribution in [0.4, 0.5) is 17.1 Å². The van der Waals surface area contributed by atoms with Gasteiger partial charge in [0.2, 0.25) is 5.52 Å². The summed E-state index contributed by atoms with van der Waals surface area (Å²) in [7, 11) is 0. The smallest absolute Gasteiger partial charge is 0.323 e. The van der Waals surface area contributed by atoms with Crippen LogP contribution in [0.25, 0.3) is 11.0 Å². The van der Waals surface area contributed by atoms with Gasteiger partial charge < -0.3 is 20.2 Å². The summed E-state index contributed by atoms with van der Waals surface area (Å²) in [4.78, 5) is 14.8. The van der Waals surface area contributed by atoms with Crippen molar-refractivity contribution in [2.45, 2.75) is 6.54 Å². The van der Waals surface area contributed by atoms with Crippen molar-refractivity contribution >= 4 is 28.1 Å². The van der Waals surface area contributed by atoms with Gasteiger partial charge in [0.05, 0.1) is 43.4 Å². The molecule has 152 valence electrons. The van der Waals surface area contributed by atoms with Gasteiger partial charge in [0.15, 0.2) is 5.52 Å². The Balaban J connectivity index is 1.67. The van der Waals surface area contributed by atoms with Crippen LogP contribution < -0.4 is 15.1 Å². The lowest BCUT2D eigenvalue weighted by molar-refractivity contribution is -0.900. The van der Waals surface area contributed by atoms with Crippen molar-refractivity contribution in [2.75, 3.05) is 49.5 Å². The number of aliphatic hydroxyl groups excluding tert-OH is 1. The van der Waals surface area contributed by atoms with Gasteiger partial charge in [-0.15, -0.1) is 0 Å². The Morgan fingerprint density at radius 1 is 1.21 bits per heavy atom. The fraction of sp³-hybridized carbons (Fsp3) is 0.368. The van der Waals surface area contributed by atoms with Crippen LogP contribution in [0.5, 0.6) is 0 Å². The largest absolute Gasteiger partial charge is 0.391 e. The standard InChI is InChI=1S/C19H22N6O4/c26-11-10-23-6-8-24(9-7-23)16-12-15(20-13-14-4-2-1-3-5-14)19(25(27)28)18-17(16)21-29-22-18/h1-5,12,20,26H,6-11,13H2/p+1. The topological polar surface area (TPSA) is 122 Å². The molecule has 2 heterocycles. The summed E-state index contributed by atoms with van der Waals surface area (Å²) < 4.78 is 4.87. The number of aliphatic hydroxyl groups is 1. The minimum Gasteiger partial charge on any atom is -0.391 e. The predicted octanol–water partition coefficient (Wildman–Crippen LogP) is 0.440. The molecule has 0 saturated carbocycles. The summed E-state index contributed by atoms with van der Waals surface area (Å²) in [5.41, 5.74) is 2.59. The van der Waals surface area contributed by atoms with E-state index in [4.69, 9.17) is 9.74 Å². The monoisotopic (exact) mass is 399 g/mol. The van der Waals surface area contributed by atoms with E-state index in [2.05, 4.69) is 20.5 Å². The van der Waals surface area contributed by atoms with Gasteiger partial charge in [0.25, 0.3) is 0 Å². The van der Waals surface area contributed by atoms with Crippen molar-refractivity contribution < 1.29 is 19.6 Å². The number of hydrogen-bond acceptors (Lipinski definition) is 8. The van der Waals surface area contributed by atoms with Crippen LogP contribution in [0.2, 0.25) is 0 Å². The molecule has 2 aromatic carbocycles. The van der Waals surface area contributed by atoms with Gasteiger partial charge in [-0.3, -0.25) is 10.1 Å². The number of quaternary nitrogens is 1. The number of fused-ring (bicyclic) bond motifs is 1. The Kier molecular flexibility index (Phi) is 5.54. The van der Waals surface area contributed by atoms with Crippen molar-refractivity contribution in [3.05, 3.63) is 52.1 Å². The molecule has 1 aliphatic rings. The molecule has 0 amide bonds. The highest BCUT2D eigenvalue weighted by atomic mass is 16.6. The molecule has 0 radical (unpaired) electrons. The van der Waals surface area contributed by atoms with E-state index >= 15 is 0 Å². The maximum atomic E-state index is 11.8. The summed E-state index contributed by atoms with van der Waals surface area (Å²) >= 11 is 0. The van der Waals surface area contributed by atoms with Gasteiger partial charge in [-0.05, 0) is 21.9 Å². The zero-order valence-electron chi connectivity index (χ0n) is 15.9. The van der Waals surface area contributed by atoms with Crippen LogP contribution in [0, 0.1) is 10.1 Å².